The molecule has 276 valence electrons. The molecule has 3 fully saturated rings. The van der Waals surface area contributed by atoms with Crippen LogP contribution in [0.15, 0.2) is 21.9 Å². The first-order chi connectivity index (χ1) is 24.0. The molecule has 1 aromatic heterocycles. The first-order valence-electron chi connectivity index (χ1n) is 16.9. The number of carboxylic acids is 1. The quantitative estimate of drug-likeness (QED) is 0.144. The number of hydrogen-bond donors (Lipinski definition) is 3. The van der Waals surface area contributed by atoms with Gasteiger partial charge in [-0.3, -0.25) is 19.3 Å². The normalized spacial score (nSPS) is 26.4. The van der Waals surface area contributed by atoms with Crippen molar-refractivity contribution in [1.29, 1.82) is 0 Å². The van der Waals surface area contributed by atoms with Gasteiger partial charge in [0.15, 0.2) is 11.6 Å². The highest BCUT2D eigenvalue weighted by Gasteiger charge is 2.60. The van der Waals surface area contributed by atoms with Crippen LogP contribution in [0.2, 0.25) is 0 Å². The maximum atomic E-state index is 14.4. The Kier molecular flexibility index (Phi) is 9.45. The second-order valence-corrected chi connectivity index (χ2v) is 14.8. The summed E-state index contributed by atoms with van der Waals surface area (Å²) in [5, 5.41) is 37.6. The molecule has 51 heavy (non-hydrogen) atoms. The lowest BCUT2D eigenvalue weighted by molar-refractivity contribution is -0.915. The van der Waals surface area contributed by atoms with Crippen LogP contribution in [0.5, 0.6) is 0 Å². The Morgan fingerprint density at radius 3 is 2.49 bits per heavy atom. The van der Waals surface area contributed by atoms with Crippen LogP contribution in [-0.4, -0.2) is 106 Å². The van der Waals surface area contributed by atoms with Gasteiger partial charge in [-0.25, -0.2) is 18.8 Å². The average molecular weight is 717 g/mol. The zero-order chi connectivity index (χ0) is 37.2. The van der Waals surface area contributed by atoms with Gasteiger partial charge in [-0.1, -0.05) is 0 Å². The number of carbonyl (C=O) groups excluding carboxylic acids is 4. The van der Waals surface area contributed by atoms with Gasteiger partial charge in [0, 0.05) is 48.9 Å². The minimum atomic E-state index is -1.58. The number of Topliss-reactive ketones (excluding diaryl/α,β-unsaturated/α-hetero) is 1. The number of aromatic nitrogens is 1. The number of nitrogens with zero attached hydrogens (tertiary/aromatic N) is 3. The number of aliphatic hydroxyl groups excluding tert-OH is 1. The second kappa shape index (κ2) is 13.3. The Morgan fingerprint density at radius 2 is 1.86 bits per heavy atom. The molecule has 1 aromatic rings. The number of rotatable bonds is 9. The van der Waals surface area contributed by atoms with Crippen LogP contribution in [-0.2, 0) is 35.0 Å². The summed E-state index contributed by atoms with van der Waals surface area (Å²) in [6.07, 6.45) is -0.228. The van der Waals surface area contributed by atoms with Gasteiger partial charge in [0.2, 0.25) is 17.9 Å². The van der Waals surface area contributed by atoms with E-state index < -0.39 is 101 Å². The number of ketones is 1. The molecular formula is C34H41FN4O12. The first-order valence-corrected chi connectivity index (χ1v) is 16.9. The van der Waals surface area contributed by atoms with Crippen molar-refractivity contribution in [2.75, 3.05) is 39.6 Å². The van der Waals surface area contributed by atoms with E-state index in [-0.39, 0.29) is 66.9 Å². The number of carboxylic acid groups (broad SMARTS) is 1. The van der Waals surface area contributed by atoms with Gasteiger partial charge >= 0.3 is 24.0 Å². The smallest absolute Gasteiger partial charge is 0.410 e. The fourth-order valence-electron chi connectivity index (χ4n) is 7.47. The van der Waals surface area contributed by atoms with Gasteiger partial charge in [-0.2, -0.15) is 0 Å². The van der Waals surface area contributed by atoms with Crippen LogP contribution in [0.1, 0.15) is 86.4 Å². The number of esters is 2. The van der Waals surface area contributed by atoms with E-state index in [1.54, 1.807) is 25.3 Å². The minimum absolute atomic E-state index is 0.0106. The number of pyridine rings is 1. The number of quaternary nitrogens is 1. The van der Waals surface area contributed by atoms with E-state index in [1.807, 2.05) is 0 Å². The van der Waals surface area contributed by atoms with Gasteiger partial charge in [0.05, 0.1) is 42.1 Å². The summed E-state index contributed by atoms with van der Waals surface area (Å²) < 4.78 is 30.7. The number of aliphatic hydroxyl groups is 1. The highest BCUT2D eigenvalue weighted by molar-refractivity contribution is 6.02. The minimum Gasteiger partial charge on any atom is -0.627 e. The number of ether oxygens (including phenoxy) is 3. The molecule has 16 nitrogen and oxygen atoms in total. The molecule has 3 aliphatic heterocycles. The number of halogens is 1. The van der Waals surface area contributed by atoms with Crippen LogP contribution >= 0.6 is 0 Å². The fraction of sp³-hybridized carbons (Fsp3) is 0.588. The van der Waals surface area contributed by atoms with Crippen molar-refractivity contribution in [2.24, 2.45) is 11.3 Å². The number of hydroxylamine groups is 3. The monoisotopic (exact) mass is 716 g/mol. The van der Waals surface area contributed by atoms with Gasteiger partial charge in [-0.15, -0.1) is 0 Å². The Bertz CT molecular complexity index is 1820. The Hall–Kier alpha value is -4.45. The number of hydrogen-bond acceptors (Lipinski definition) is 12. The molecule has 4 heterocycles. The van der Waals surface area contributed by atoms with E-state index in [9.17, 15) is 48.6 Å². The molecule has 2 aliphatic carbocycles. The summed E-state index contributed by atoms with van der Waals surface area (Å²) in [6, 6.07) is -2.08. The molecule has 3 unspecified atom stereocenters. The fourth-order valence-corrected chi connectivity index (χ4v) is 7.47. The lowest BCUT2D eigenvalue weighted by Gasteiger charge is -2.57. The number of aromatic carboxylic acids is 1. The molecule has 3 N–H and O–H groups in total. The number of carbonyl (C=O) groups is 5. The summed E-state index contributed by atoms with van der Waals surface area (Å²) in [7, 11) is 0. The van der Waals surface area contributed by atoms with Crippen LogP contribution in [0, 0.1) is 16.5 Å². The van der Waals surface area contributed by atoms with Crippen molar-refractivity contribution in [1.82, 2.24) is 14.8 Å². The third-order valence-electron chi connectivity index (χ3n) is 10.2. The number of piperazine rings is 1. The predicted octanol–water partition coefficient (Wildman–Crippen LogP) is 1.84. The number of allylic oxidation sites excluding steroid dienone is 1. The molecule has 0 aromatic carbocycles. The van der Waals surface area contributed by atoms with E-state index >= 15 is 0 Å². The Balaban J connectivity index is 1.29. The third-order valence-corrected chi connectivity index (χ3v) is 10.2. The van der Waals surface area contributed by atoms with Crippen LogP contribution < -0.4 is 10.7 Å². The molecule has 5 aliphatic rings. The molecule has 0 bridgehead atoms. The largest absolute Gasteiger partial charge is 0.627 e. The molecule has 1 amide bonds. The van der Waals surface area contributed by atoms with Crippen molar-refractivity contribution < 1.29 is 57.4 Å². The van der Waals surface area contributed by atoms with Crippen molar-refractivity contribution in [3.63, 3.8) is 0 Å². The summed E-state index contributed by atoms with van der Waals surface area (Å²) in [4.78, 5) is 79.2. The second-order valence-electron chi connectivity index (χ2n) is 14.8. The molecule has 1 saturated carbocycles. The summed E-state index contributed by atoms with van der Waals surface area (Å²) in [6.45, 7) is 5.32. The van der Waals surface area contributed by atoms with Crippen molar-refractivity contribution >= 4 is 35.9 Å². The standard InChI is InChI=1S/C34H41FN4O12/c1-16(40)20-13-39(48)24(20)9-17(28(39)31(45)50-15-51-32(46)34(2,3)4)14-49-33(47)37-8-7-36-12-23(37)27-26(30(43)44)29(42)19-10-21(35)25(41)11-22(19)38(27)18-5-6-18/h10,16,18,20,23-24,36,40H,5-9,11-15H2,1-4H3,(H,43,44)/t16?,20-,23?,24-,39?/m1/s1. The summed E-state index contributed by atoms with van der Waals surface area (Å²) in [5.41, 5.74) is -2.69. The lowest BCUT2D eigenvalue weighted by Crippen LogP contribution is -2.67. The van der Waals surface area contributed by atoms with Crippen molar-refractivity contribution in [3.8, 4) is 0 Å². The molecule has 5 atom stereocenters. The Labute approximate surface area is 291 Å². The van der Waals surface area contributed by atoms with Gasteiger partial charge in [-0.05, 0) is 46.6 Å². The summed E-state index contributed by atoms with van der Waals surface area (Å²) in [5.74, 6) is -5.70. The highest BCUT2D eigenvalue weighted by Crippen LogP contribution is 2.50. The maximum Gasteiger partial charge on any atom is 0.410 e. The van der Waals surface area contributed by atoms with E-state index in [1.165, 1.54) is 11.8 Å². The highest BCUT2D eigenvalue weighted by atomic mass is 19.1. The summed E-state index contributed by atoms with van der Waals surface area (Å²) >= 11 is 0. The molecule has 17 heteroatoms. The third kappa shape index (κ3) is 6.47. The predicted molar refractivity (Wildman–Crippen MR) is 173 cm³/mol. The maximum absolute atomic E-state index is 14.4. The van der Waals surface area contributed by atoms with Crippen molar-refractivity contribution in [2.45, 2.75) is 77.6 Å². The van der Waals surface area contributed by atoms with Gasteiger partial charge < -0.3 is 44.2 Å². The molecule has 2 saturated heterocycles. The topological polar surface area (TPSA) is 214 Å². The van der Waals surface area contributed by atoms with E-state index in [0.717, 1.165) is 6.08 Å². The average Bonchev–Trinajstić information content (AvgIpc) is 3.87. The van der Waals surface area contributed by atoms with E-state index in [0.29, 0.717) is 12.8 Å². The van der Waals surface area contributed by atoms with E-state index in [4.69, 9.17) is 14.2 Å². The van der Waals surface area contributed by atoms with Gasteiger partial charge in [0.1, 0.15) is 18.2 Å². The van der Waals surface area contributed by atoms with E-state index in [2.05, 4.69) is 5.32 Å². The molecular weight excluding hydrogens is 675 g/mol. The number of amides is 1. The molecule has 0 spiro atoms. The van der Waals surface area contributed by atoms with Crippen LogP contribution in [0.4, 0.5) is 9.18 Å². The van der Waals surface area contributed by atoms with Gasteiger partial charge in [0.25, 0.3) is 0 Å². The van der Waals surface area contributed by atoms with Crippen molar-refractivity contribution in [3.05, 3.63) is 55.0 Å². The van der Waals surface area contributed by atoms with Crippen LogP contribution in [0.3, 0.4) is 0 Å². The molecule has 6 rings (SSSR count). The Morgan fingerprint density at radius 1 is 1.16 bits per heavy atom. The lowest BCUT2D eigenvalue weighted by atomic mass is 9.83. The number of fused-ring (bicyclic) bond motifs is 2. The first kappa shape index (κ1) is 36.3. The van der Waals surface area contributed by atoms with Crippen LogP contribution in [0.25, 0.3) is 6.08 Å². The number of nitrogens with one attached hydrogen (secondary N) is 1. The zero-order valence-electron chi connectivity index (χ0n) is 28.7. The SMILES string of the molecule is CC(O)[C@H]1C[N+]2([O-])C(C(=O)OCOC(=O)C(C)(C)C)=C(COC(=O)N3CCNCC3c3c(C(=O)O)c(=O)c4c(n3C3CC3)CC(=O)C(F)=C4)C[C@H]12. The zero-order valence-corrected chi connectivity index (χ0v) is 28.7. The molecule has 0 radical (unpaired) electrons.